The summed E-state index contributed by atoms with van der Waals surface area (Å²) in [6.45, 7) is 1.87. The summed E-state index contributed by atoms with van der Waals surface area (Å²) in [6.07, 6.45) is -7.42. The highest BCUT2D eigenvalue weighted by atomic mass is 19.4. The highest BCUT2D eigenvalue weighted by Crippen LogP contribution is 2.38. The molecule has 7 heteroatoms. The van der Waals surface area contributed by atoms with E-state index in [0.29, 0.717) is 6.42 Å². The zero-order valence-electron chi connectivity index (χ0n) is 11.3. The van der Waals surface area contributed by atoms with Crippen LogP contribution in [0.3, 0.4) is 0 Å². The van der Waals surface area contributed by atoms with E-state index < -0.39 is 29.5 Å². The van der Waals surface area contributed by atoms with Gasteiger partial charge >= 0.3 is 12.4 Å². The van der Waals surface area contributed by atoms with Gasteiger partial charge in [-0.3, -0.25) is 0 Å². The lowest BCUT2D eigenvalue weighted by Gasteiger charge is -2.30. The molecular formula is C14H15F6N. The molecule has 118 valence electrons. The Morgan fingerprint density at radius 3 is 1.86 bits per heavy atom. The predicted octanol–water partition coefficient (Wildman–Crippen LogP) is 4.93. The molecule has 1 nitrogen and oxygen atoms in total. The molecule has 2 unspecified atom stereocenters. The Morgan fingerprint density at radius 2 is 1.43 bits per heavy atom. The topological polar surface area (TPSA) is 12.0 Å². The lowest BCUT2D eigenvalue weighted by Crippen LogP contribution is -2.34. The number of hydrogen-bond donors (Lipinski definition) is 1. The molecule has 0 radical (unpaired) electrons. The van der Waals surface area contributed by atoms with Gasteiger partial charge in [0, 0.05) is 12.1 Å². The molecule has 2 rings (SSSR count). The van der Waals surface area contributed by atoms with E-state index in [1.807, 2.05) is 6.92 Å². The average Bonchev–Trinajstić information content (AvgIpc) is 2.36. The SMILES string of the molecule is CC1CCCC(c2cc(C(F)(F)F)cc(C(F)(F)F)c2)N1. The molecule has 1 aromatic rings. The molecule has 2 atom stereocenters. The van der Waals surface area contributed by atoms with E-state index in [1.165, 1.54) is 0 Å². The Labute approximate surface area is 118 Å². The van der Waals surface area contributed by atoms with E-state index in [1.54, 1.807) is 0 Å². The Balaban J connectivity index is 2.45. The van der Waals surface area contributed by atoms with Gasteiger partial charge in [0.1, 0.15) is 0 Å². The van der Waals surface area contributed by atoms with Crippen LogP contribution in [0.15, 0.2) is 18.2 Å². The Kier molecular flexibility index (Phi) is 4.24. The maximum absolute atomic E-state index is 12.8. The zero-order chi connectivity index (χ0) is 15.8. The van der Waals surface area contributed by atoms with Crippen LogP contribution >= 0.6 is 0 Å². The fourth-order valence-electron chi connectivity index (χ4n) is 2.58. The van der Waals surface area contributed by atoms with Crippen LogP contribution < -0.4 is 5.32 Å². The summed E-state index contributed by atoms with van der Waals surface area (Å²) in [6, 6.07) is 1.39. The standard InChI is InChI=1S/C14H15F6N/c1-8-3-2-4-12(21-8)9-5-10(13(15,16)17)7-11(6-9)14(18,19)20/h5-8,12,21H,2-4H2,1H3. The van der Waals surface area contributed by atoms with Crippen molar-refractivity contribution in [2.75, 3.05) is 0 Å². The molecule has 1 N–H and O–H groups in total. The number of rotatable bonds is 1. The normalized spacial score (nSPS) is 24.1. The average molecular weight is 311 g/mol. The second-order valence-corrected chi connectivity index (χ2v) is 5.39. The summed E-state index contributed by atoms with van der Waals surface area (Å²) in [5, 5.41) is 3.06. The molecule has 1 saturated heterocycles. The van der Waals surface area contributed by atoms with Gasteiger partial charge in [-0.05, 0) is 43.5 Å². The fraction of sp³-hybridized carbons (Fsp3) is 0.571. The van der Waals surface area contributed by atoms with Crippen LogP contribution in [0, 0.1) is 0 Å². The zero-order valence-corrected chi connectivity index (χ0v) is 11.3. The Bertz CT molecular complexity index is 473. The van der Waals surface area contributed by atoms with Gasteiger partial charge in [0.2, 0.25) is 0 Å². The van der Waals surface area contributed by atoms with Gasteiger partial charge in [0.25, 0.3) is 0 Å². The smallest absolute Gasteiger partial charge is 0.307 e. The van der Waals surface area contributed by atoms with Crippen molar-refractivity contribution in [1.82, 2.24) is 5.32 Å². The molecule has 0 amide bonds. The number of benzene rings is 1. The van der Waals surface area contributed by atoms with E-state index in [9.17, 15) is 26.3 Å². The molecule has 1 aromatic carbocycles. The molecule has 1 aliphatic rings. The van der Waals surface area contributed by atoms with E-state index in [4.69, 9.17) is 0 Å². The number of hydrogen-bond acceptors (Lipinski definition) is 1. The van der Waals surface area contributed by atoms with Crippen LogP contribution in [-0.2, 0) is 12.4 Å². The van der Waals surface area contributed by atoms with Crippen molar-refractivity contribution in [2.45, 2.75) is 50.6 Å². The van der Waals surface area contributed by atoms with Crippen molar-refractivity contribution < 1.29 is 26.3 Å². The summed E-state index contributed by atoms with van der Waals surface area (Å²) in [5.74, 6) is 0. The molecule has 0 spiro atoms. The van der Waals surface area contributed by atoms with E-state index in [-0.39, 0.29) is 17.7 Å². The summed E-state index contributed by atoms with van der Waals surface area (Å²) in [5.41, 5.74) is -2.47. The minimum atomic E-state index is -4.80. The van der Waals surface area contributed by atoms with Crippen molar-refractivity contribution in [1.29, 1.82) is 0 Å². The minimum Gasteiger partial charge on any atom is -0.307 e. The molecule has 1 aliphatic heterocycles. The van der Waals surface area contributed by atoms with Crippen molar-refractivity contribution >= 4 is 0 Å². The number of alkyl halides is 6. The fourth-order valence-corrected chi connectivity index (χ4v) is 2.58. The molecule has 0 bridgehead atoms. The maximum atomic E-state index is 12.8. The van der Waals surface area contributed by atoms with Crippen LogP contribution in [-0.4, -0.2) is 6.04 Å². The third kappa shape index (κ3) is 3.90. The van der Waals surface area contributed by atoms with Gasteiger partial charge in [0.05, 0.1) is 11.1 Å². The number of nitrogens with one attached hydrogen (secondary N) is 1. The lowest BCUT2D eigenvalue weighted by atomic mass is 9.91. The first kappa shape index (κ1) is 16.1. The van der Waals surface area contributed by atoms with Crippen LogP contribution in [0.5, 0.6) is 0 Å². The van der Waals surface area contributed by atoms with Gasteiger partial charge in [-0.25, -0.2) is 0 Å². The van der Waals surface area contributed by atoms with Crippen molar-refractivity contribution in [3.05, 3.63) is 34.9 Å². The van der Waals surface area contributed by atoms with E-state index in [0.717, 1.165) is 25.0 Å². The largest absolute Gasteiger partial charge is 0.416 e. The predicted molar refractivity (Wildman–Crippen MR) is 65.6 cm³/mol. The molecule has 0 aliphatic carbocycles. The van der Waals surface area contributed by atoms with Gasteiger partial charge in [-0.1, -0.05) is 6.42 Å². The van der Waals surface area contributed by atoms with Crippen LogP contribution in [0.25, 0.3) is 0 Å². The highest BCUT2D eigenvalue weighted by molar-refractivity contribution is 5.35. The van der Waals surface area contributed by atoms with E-state index >= 15 is 0 Å². The summed E-state index contributed by atoms with van der Waals surface area (Å²) >= 11 is 0. The van der Waals surface area contributed by atoms with Crippen LogP contribution in [0.1, 0.15) is 48.9 Å². The molecule has 0 saturated carbocycles. The Morgan fingerprint density at radius 1 is 0.905 bits per heavy atom. The van der Waals surface area contributed by atoms with Crippen molar-refractivity contribution in [3.63, 3.8) is 0 Å². The summed E-state index contributed by atoms with van der Waals surface area (Å²) in [4.78, 5) is 0. The Hall–Kier alpha value is -1.24. The maximum Gasteiger partial charge on any atom is 0.416 e. The number of piperidine rings is 1. The molecular weight excluding hydrogens is 296 g/mol. The van der Waals surface area contributed by atoms with Gasteiger partial charge in [0.15, 0.2) is 0 Å². The highest BCUT2D eigenvalue weighted by Gasteiger charge is 2.37. The van der Waals surface area contributed by atoms with Crippen molar-refractivity contribution in [3.8, 4) is 0 Å². The molecule has 1 fully saturated rings. The van der Waals surface area contributed by atoms with E-state index in [2.05, 4.69) is 5.32 Å². The quantitative estimate of drug-likeness (QED) is 0.725. The van der Waals surface area contributed by atoms with Gasteiger partial charge in [-0.15, -0.1) is 0 Å². The molecule has 21 heavy (non-hydrogen) atoms. The minimum absolute atomic E-state index is 0.0451. The summed E-state index contributed by atoms with van der Waals surface area (Å²) < 4.78 is 76.8. The molecule has 0 aromatic heterocycles. The van der Waals surface area contributed by atoms with Crippen LogP contribution in [0.2, 0.25) is 0 Å². The molecule has 1 heterocycles. The lowest BCUT2D eigenvalue weighted by molar-refractivity contribution is -0.143. The number of halogens is 6. The van der Waals surface area contributed by atoms with Crippen molar-refractivity contribution in [2.24, 2.45) is 0 Å². The third-order valence-electron chi connectivity index (χ3n) is 3.63. The van der Waals surface area contributed by atoms with Gasteiger partial charge < -0.3 is 5.32 Å². The first-order valence-electron chi connectivity index (χ1n) is 6.63. The van der Waals surface area contributed by atoms with Gasteiger partial charge in [-0.2, -0.15) is 26.3 Å². The first-order chi connectivity index (χ1) is 9.57. The monoisotopic (exact) mass is 311 g/mol. The summed E-state index contributed by atoms with van der Waals surface area (Å²) in [7, 11) is 0. The first-order valence-corrected chi connectivity index (χ1v) is 6.63. The van der Waals surface area contributed by atoms with Crippen LogP contribution in [0.4, 0.5) is 26.3 Å². The third-order valence-corrected chi connectivity index (χ3v) is 3.63. The second-order valence-electron chi connectivity index (χ2n) is 5.39. The second kappa shape index (κ2) is 5.51.